The Hall–Kier alpha value is -7.96. The molecule has 3 aromatic heterocycles. The molecule has 0 fully saturated rings. The molecule has 0 saturated carbocycles. The first-order valence-electron chi connectivity index (χ1n) is 19.9. The highest BCUT2D eigenvalue weighted by atomic mass is 15.2. The zero-order valence-electron chi connectivity index (χ0n) is 31.8. The highest BCUT2D eigenvalue weighted by molar-refractivity contribution is 5.94. The Morgan fingerprint density at radius 3 is 1.68 bits per heavy atom. The van der Waals surface area contributed by atoms with Crippen LogP contribution in [0.1, 0.15) is 22.6 Å². The van der Waals surface area contributed by atoms with Crippen LogP contribution in [0.5, 0.6) is 0 Å². The third-order valence-corrected chi connectivity index (χ3v) is 11.7. The van der Waals surface area contributed by atoms with Crippen LogP contribution in [0, 0.1) is 0 Å². The van der Waals surface area contributed by atoms with Gasteiger partial charge in [0.15, 0.2) is 17.5 Å². The molecule has 0 saturated heterocycles. The Morgan fingerprint density at radius 1 is 0.356 bits per heavy atom. The Bertz CT molecular complexity index is 3330. The van der Waals surface area contributed by atoms with Gasteiger partial charge in [0.05, 0.1) is 22.1 Å². The third-order valence-electron chi connectivity index (χ3n) is 11.7. The number of nitrogens with zero attached hydrogens (tertiary/aromatic N) is 6. The topological polar surface area (TPSA) is 60.9 Å². The van der Waals surface area contributed by atoms with Gasteiger partial charge in [0.25, 0.3) is 0 Å². The van der Waals surface area contributed by atoms with Gasteiger partial charge in [-0.3, -0.25) is 8.97 Å². The van der Waals surface area contributed by atoms with Gasteiger partial charge in [-0.15, -0.1) is 0 Å². The molecule has 1 atom stereocenters. The highest BCUT2D eigenvalue weighted by Gasteiger charge is 2.30. The fourth-order valence-electron chi connectivity index (χ4n) is 8.95. The summed E-state index contributed by atoms with van der Waals surface area (Å²) in [5.74, 6) is 2.92. The molecule has 1 aliphatic rings. The Morgan fingerprint density at radius 2 is 0.932 bits per heavy atom. The van der Waals surface area contributed by atoms with Crippen molar-refractivity contribution in [3.05, 3.63) is 217 Å². The van der Waals surface area contributed by atoms with Crippen LogP contribution in [-0.4, -0.2) is 28.9 Å². The minimum Gasteiger partial charge on any atom is -0.278 e. The van der Waals surface area contributed by atoms with Gasteiger partial charge < -0.3 is 0 Å². The lowest BCUT2D eigenvalue weighted by molar-refractivity contribution is 1.01. The molecule has 276 valence electrons. The maximum absolute atomic E-state index is 5.27. The van der Waals surface area contributed by atoms with Crippen LogP contribution in [0.15, 0.2) is 200 Å². The number of rotatable bonds is 6. The number of fused-ring (bicyclic) bond motifs is 8. The maximum atomic E-state index is 5.27. The van der Waals surface area contributed by atoms with E-state index in [1.807, 2.05) is 60.7 Å². The van der Waals surface area contributed by atoms with E-state index in [1.54, 1.807) is 0 Å². The minimum absolute atomic E-state index is 0.0573. The Balaban J connectivity index is 0.952. The molecule has 6 heteroatoms. The maximum Gasteiger partial charge on any atom is 0.220 e. The van der Waals surface area contributed by atoms with E-state index in [9.17, 15) is 0 Å². The van der Waals surface area contributed by atoms with Gasteiger partial charge in [0.1, 0.15) is 0 Å². The number of para-hydroxylation sites is 3. The highest BCUT2D eigenvalue weighted by Crippen LogP contribution is 2.49. The molecule has 3 heterocycles. The van der Waals surface area contributed by atoms with Crippen molar-refractivity contribution in [2.45, 2.75) is 5.92 Å². The zero-order chi connectivity index (χ0) is 38.9. The molecule has 1 unspecified atom stereocenters. The third kappa shape index (κ3) is 5.41. The van der Waals surface area contributed by atoms with E-state index in [0.29, 0.717) is 17.5 Å². The Kier molecular flexibility index (Phi) is 7.50. The predicted octanol–water partition coefficient (Wildman–Crippen LogP) is 12.4. The smallest absolute Gasteiger partial charge is 0.220 e. The molecule has 1 aliphatic carbocycles. The lowest BCUT2D eigenvalue weighted by Gasteiger charge is -2.16. The van der Waals surface area contributed by atoms with Crippen LogP contribution in [0.4, 0.5) is 0 Å². The molecule has 0 amide bonds. The number of hydrogen-bond donors (Lipinski definition) is 0. The van der Waals surface area contributed by atoms with Crippen molar-refractivity contribution in [1.29, 1.82) is 0 Å². The van der Waals surface area contributed by atoms with E-state index in [2.05, 4.69) is 148 Å². The molecule has 0 spiro atoms. The summed E-state index contributed by atoms with van der Waals surface area (Å²) in [6, 6.07) is 70.4. The summed E-state index contributed by atoms with van der Waals surface area (Å²) < 4.78 is 4.53. The number of benzene rings is 8. The van der Waals surface area contributed by atoms with E-state index in [4.69, 9.17) is 19.9 Å². The SMILES string of the molecule is c1ccc(-c2nc(-c3ccccc3)nc(-c3cccc(C4c5ccccc5-c5cc(-c6ccc7c(c6)nc6n(-c8ccccc8)c8ccccc8n76)ccc54)c3)n2)cc1. The lowest BCUT2D eigenvalue weighted by atomic mass is 9.88. The standard InChI is InChI=1S/C53H34N6/c1-4-15-34(16-5-1)50-55-51(35-17-6-2-7-18-35)57-52(56-50)39-20-14-19-38(31-39)49-42-24-11-10-23-41(42)44-32-36(27-29-43(44)49)37-28-30-46-45(33-37)54-53-58(40-21-8-3-9-22-40)47-25-12-13-26-48(47)59(46)53/h1-33,49H. The molecule has 0 bridgehead atoms. The molecule has 8 aromatic carbocycles. The molecule has 12 rings (SSSR count). The van der Waals surface area contributed by atoms with Crippen LogP contribution in [0.3, 0.4) is 0 Å². The first kappa shape index (κ1) is 33.2. The van der Waals surface area contributed by atoms with Gasteiger partial charge in [-0.1, -0.05) is 152 Å². The molecule has 0 radical (unpaired) electrons. The second-order valence-electron chi connectivity index (χ2n) is 15.1. The van der Waals surface area contributed by atoms with Gasteiger partial charge in [0, 0.05) is 28.3 Å². The second kappa shape index (κ2) is 13.3. The molecule has 6 nitrogen and oxygen atoms in total. The molecule has 59 heavy (non-hydrogen) atoms. The fraction of sp³-hybridized carbons (Fsp3) is 0.0189. The van der Waals surface area contributed by atoms with Gasteiger partial charge in [-0.2, -0.15) is 0 Å². The Labute approximate surface area is 340 Å². The predicted molar refractivity (Wildman–Crippen MR) is 237 cm³/mol. The molecular weight excluding hydrogens is 721 g/mol. The lowest BCUT2D eigenvalue weighted by Crippen LogP contribution is -2.02. The van der Waals surface area contributed by atoms with Crippen molar-refractivity contribution in [2.24, 2.45) is 0 Å². The number of hydrogen-bond acceptors (Lipinski definition) is 4. The zero-order valence-corrected chi connectivity index (χ0v) is 31.8. The number of imidazole rings is 2. The van der Waals surface area contributed by atoms with Crippen molar-refractivity contribution in [3.63, 3.8) is 0 Å². The van der Waals surface area contributed by atoms with Crippen molar-refractivity contribution < 1.29 is 0 Å². The van der Waals surface area contributed by atoms with Gasteiger partial charge in [0.2, 0.25) is 5.78 Å². The molecule has 0 N–H and O–H groups in total. The van der Waals surface area contributed by atoms with E-state index in [-0.39, 0.29) is 5.92 Å². The summed E-state index contributed by atoms with van der Waals surface area (Å²) in [6.07, 6.45) is 0. The van der Waals surface area contributed by atoms with Crippen molar-refractivity contribution in [2.75, 3.05) is 0 Å². The number of aromatic nitrogens is 6. The molecular formula is C53H34N6. The second-order valence-corrected chi connectivity index (χ2v) is 15.1. The van der Waals surface area contributed by atoms with E-state index in [1.165, 1.54) is 27.8 Å². The van der Waals surface area contributed by atoms with Crippen molar-refractivity contribution in [1.82, 2.24) is 28.9 Å². The van der Waals surface area contributed by atoms with Crippen LogP contribution < -0.4 is 0 Å². The summed E-state index contributed by atoms with van der Waals surface area (Å²) in [7, 11) is 0. The average Bonchev–Trinajstić information content (AvgIpc) is 3.96. The summed E-state index contributed by atoms with van der Waals surface area (Å²) in [5.41, 5.74) is 16.9. The van der Waals surface area contributed by atoms with Gasteiger partial charge in [-0.05, 0) is 87.5 Å². The van der Waals surface area contributed by atoms with Crippen LogP contribution in [-0.2, 0) is 0 Å². The summed E-state index contributed by atoms with van der Waals surface area (Å²) in [5, 5.41) is 0. The molecule has 0 aliphatic heterocycles. The van der Waals surface area contributed by atoms with E-state index >= 15 is 0 Å². The minimum atomic E-state index is 0.0573. The van der Waals surface area contributed by atoms with Crippen LogP contribution in [0.2, 0.25) is 0 Å². The molecule has 11 aromatic rings. The van der Waals surface area contributed by atoms with Gasteiger partial charge in [-0.25, -0.2) is 19.9 Å². The van der Waals surface area contributed by atoms with Crippen molar-refractivity contribution in [3.8, 4) is 62.1 Å². The first-order chi connectivity index (χ1) is 29.2. The first-order valence-corrected chi connectivity index (χ1v) is 19.9. The fourth-order valence-corrected chi connectivity index (χ4v) is 8.95. The van der Waals surface area contributed by atoms with Gasteiger partial charge >= 0.3 is 0 Å². The van der Waals surface area contributed by atoms with Crippen LogP contribution in [0.25, 0.3) is 89.9 Å². The van der Waals surface area contributed by atoms with Crippen molar-refractivity contribution >= 4 is 27.8 Å². The normalized spacial score (nSPS) is 13.3. The quantitative estimate of drug-likeness (QED) is 0.170. The summed E-state index contributed by atoms with van der Waals surface area (Å²) >= 11 is 0. The average molecular weight is 755 g/mol. The summed E-state index contributed by atoms with van der Waals surface area (Å²) in [6.45, 7) is 0. The largest absolute Gasteiger partial charge is 0.278 e. The van der Waals surface area contributed by atoms with E-state index in [0.717, 1.165) is 61.3 Å². The summed E-state index contributed by atoms with van der Waals surface area (Å²) in [4.78, 5) is 20.3. The van der Waals surface area contributed by atoms with Crippen LogP contribution >= 0.6 is 0 Å². The monoisotopic (exact) mass is 754 g/mol. The van der Waals surface area contributed by atoms with E-state index < -0.39 is 0 Å².